The lowest BCUT2D eigenvalue weighted by Gasteiger charge is -2.21. The molecule has 0 aliphatic carbocycles. The zero-order valence-electron chi connectivity index (χ0n) is 10.3. The van der Waals surface area contributed by atoms with Crippen molar-refractivity contribution in [2.24, 2.45) is 5.92 Å². The highest BCUT2D eigenvalue weighted by Gasteiger charge is 2.24. The molecule has 0 radical (unpaired) electrons. The first-order chi connectivity index (χ1) is 8.09. The number of aryl methyl sites for hydroxylation is 2. The van der Waals surface area contributed by atoms with Crippen LogP contribution >= 0.6 is 11.6 Å². The molecule has 17 heavy (non-hydrogen) atoms. The first-order valence-corrected chi connectivity index (χ1v) is 6.36. The van der Waals surface area contributed by atoms with Crippen LogP contribution in [0.4, 0.5) is 0 Å². The van der Waals surface area contributed by atoms with Gasteiger partial charge in [-0.15, -0.1) is 0 Å². The van der Waals surface area contributed by atoms with Gasteiger partial charge in [0, 0.05) is 18.1 Å². The van der Waals surface area contributed by atoms with Crippen LogP contribution in [0, 0.1) is 19.8 Å². The molecule has 2 rings (SSSR count). The van der Waals surface area contributed by atoms with Crippen molar-refractivity contribution in [1.82, 2.24) is 0 Å². The maximum Gasteiger partial charge on any atom is 0.169 e. The van der Waals surface area contributed by atoms with E-state index in [1.54, 1.807) is 0 Å². The van der Waals surface area contributed by atoms with E-state index in [1.807, 2.05) is 26.0 Å². The Morgan fingerprint density at radius 2 is 2.06 bits per heavy atom. The van der Waals surface area contributed by atoms with Crippen molar-refractivity contribution in [1.29, 1.82) is 0 Å². The van der Waals surface area contributed by atoms with Crippen LogP contribution in [-0.2, 0) is 4.74 Å². The van der Waals surface area contributed by atoms with Gasteiger partial charge in [-0.05, 0) is 49.9 Å². The molecule has 1 fully saturated rings. The Kier molecular flexibility index (Phi) is 3.85. The van der Waals surface area contributed by atoms with Crippen molar-refractivity contribution >= 4 is 17.4 Å². The lowest BCUT2D eigenvalue weighted by Crippen LogP contribution is -2.25. The fourth-order valence-electron chi connectivity index (χ4n) is 2.14. The highest BCUT2D eigenvalue weighted by Crippen LogP contribution is 2.26. The number of Topliss-reactive ketones (excluding diaryl/α,β-unsaturated/α-hetero) is 1. The van der Waals surface area contributed by atoms with E-state index >= 15 is 0 Å². The molecule has 0 spiro atoms. The van der Waals surface area contributed by atoms with Crippen LogP contribution in [0.1, 0.15) is 34.3 Å². The van der Waals surface area contributed by atoms with Crippen molar-refractivity contribution in [2.45, 2.75) is 26.7 Å². The van der Waals surface area contributed by atoms with Crippen molar-refractivity contribution in [3.8, 4) is 0 Å². The van der Waals surface area contributed by atoms with E-state index in [9.17, 15) is 4.79 Å². The Bertz CT molecular complexity index is 434. The standard InChI is InChI=1S/C14H17ClO2/c1-9-6-12(13(15)7-10(9)2)14(16)11-4-3-5-17-8-11/h6-7,11H,3-5,8H2,1-2H3. The summed E-state index contributed by atoms with van der Waals surface area (Å²) in [5.74, 6) is 0.0983. The topological polar surface area (TPSA) is 26.3 Å². The lowest BCUT2D eigenvalue weighted by atomic mass is 9.91. The highest BCUT2D eigenvalue weighted by molar-refractivity contribution is 6.34. The molecular formula is C14H17ClO2. The van der Waals surface area contributed by atoms with Crippen molar-refractivity contribution < 1.29 is 9.53 Å². The van der Waals surface area contributed by atoms with E-state index in [2.05, 4.69) is 0 Å². The number of hydrogen-bond acceptors (Lipinski definition) is 2. The second kappa shape index (κ2) is 5.19. The van der Waals surface area contributed by atoms with E-state index in [4.69, 9.17) is 16.3 Å². The minimum Gasteiger partial charge on any atom is -0.381 e. The molecular weight excluding hydrogens is 236 g/mol. The fraction of sp³-hybridized carbons (Fsp3) is 0.500. The van der Waals surface area contributed by atoms with Crippen molar-refractivity contribution in [2.75, 3.05) is 13.2 Å². The minimum absolute atomic E-state index is 0.0247. The summed E-state index contributed by atoms with van der Waals surface area (Å²) in [5, 5.41) is 0.559. The molecule has 1 saturated heterocycles. The molecule has 0 amide bonds. The van der Waals surface area contributed by atoms with E-state index in [1.165, 1.54) is 0 Å². The van der Waals surface area contributed by atoms with Gasteiger partial charge in [0.2, 0.25) is 0 Å². The summed E-state index contributed by atoms with van der Waals surface area (Å²) in [5.41, 5.74) is 2.87. The number of carbonyl (C=O) groups excluding carboxylic acids is 1. The van der Waals surface area contributed by atoms with E-state index in [0.29, 0.717) is 17.2 Å². The molecule has 92 valence electrons. The molecule has 1 atom stereocenters. The number of carbonyl (C=O) groups is 1. The first-order valence-electron chi connectivity index (χ1n) is 5.98. The SMILES string of the molecule is Cc1cc(Cl)c(C(=O)C2CCCOC2)cc1C. The number of ether oxygens (including phenoxy) is 1. The van der Waals surface area contributed by atoms with Gasteiger partial charge in [0.1, 0.15) is 0 Å². The third-order valence-electron chi connectivity index (χ3n) is 3.38. The second-order valence-electron chi connectivity index (χ2n) is 4.69. The molecule has 0 bridgehead atoms. The molecule has 1 aromatic rings. The number of benzene rings is 1. The third kappa shape index (κ3) is 2.70. The summed E-state index contributed by atoms with van der Waals surface area (Å²) in [6.45, 7) is 5.30. The highest BCUT2D eigenvalue weighted by atomic mass is 35.5. The Morgan fingerprint density at radius 3 is 2.71 bits per heavy atom. The average Bonchev–Trinajstić information content (AvgIpc) is 2.34. The monoisotopic (exact) mass is 252 g/mol. The van der Waals surface area contributed by atoms with E-state index in [0.717, 1.165) is 30.6 Å². The second-order valence-corrected chi connectivity index (χ2v) is 5.10. The van der Waals surface area contributed by atoms with Crippen LogP contribution in [-0.4, -0.2) is 19.0 Å². The summed E-state index contributed by atoms with van der Waals surface area (Å²) in [6, 6.07) is 3.77. The number of rotatable bonds is 2. The van der Waals surface area contributed by atoms with Gasteiger partial charge in [0.25, 0.3) is 0 Å². The maximum absolute atomic E-state index is 12.3. The molecule has 1 aliphatic rings. The maximum atomic E-state index is 12.3. The number of ketones is 1. The Morgan fingerprint density at radius 1 is 1.35 bits per heavy atom. The molecule has 1 aromatic carbocycles. The van der Waals surface area contributed by atoms with E-state index in [-0.39, 0.29) is 11.7 Å². The van der Waals surface area contributed by atoms with Gasteiger partial charge >= 0.3 is 0 Å². The van der Waals surface area contributed by atoms with E-state index < -0.39 is 0 Å². The molecule has 3 heteroatoms. The normalized spacial score (nSPS) is 20.3. The zero-order chi connectivity index (χ0) is 12.4. The number of halogens is 1. The summed E-state index contributed by atoms with van der Waals surface area (Å²) >= 11 is 6.15. The van der Waals surface area contributed by atoms with Crippen LogP contribution in [0.5, 0.6) is 0 Å². The lowest BCUT2D eigenvalue weighted by molar-refractivity contribution is 0.0461. The van der Waals surface area contributed by atoms with Gasteiger partial charge in [-0.1, -0.05) is 11.6 Å². The zero-order valence-corrected chi connectivity index (χ0v) is 11.0. The Balaban J connectivity index is 2.26. The van der Waals surface area contributed by atoms with Gasteiger partial charge in [-0.3, -0.25) is 4.79 Å². The molecule has 1 unspecified atom stereocenters. The Hall–Kier alpha value is -0.860. The van der Waals surface area contributed by atoms with Crippen LogP contribution in [0.15, 0.2) is 12.1 Å². The summed E-state index contributed by atoms with van der Waals surface area (Å²) in [7, 11) is 0. The van der Waals surface area contributed by atoms with Crippen molar-refractivity contribution in [3.63, 3.8) is 0 Å². The minimum atomic E-state index is -0.0247. The molecule has 1 heterocycles. The molecule has 1 aliphatic heterocycles. The van der Waals surface area contributed by atoms with Crippen LogP contribution in [0.3, 0.4) is 0 Å². The predicted molar refractivity (Wildman–Crippen MR) is 68.8 cm³/mol. The smallest absolute Gasteiger partial charge is 0.169 e. The van der Waals surface area contributed by atoms with Crippen LogP contribution in [0.25, 0.3) is 0 Å². The first kappa shape index (κ1) is 12.6. The van der Waals surface area contributed by atoms with Gasteiger partial charge in [-0.2, -0.15) is 0 Å². The van der Waals surface area contributed by atoms with Gasteiger partial charge in [0.15, 0.2) is 5.78 Å². The quantitative estimate of drug-likeness (QED) is 0.753. The summed E-state index contributed by atoms with van der Waals surface area (Å²) < 4.78 is 5.35. The summed E-state index contributed by atoms with van der Waals surface area (Å²) in [6.07, 6.45) is 1.86. The van der Waals surface area contributed by atoms with Crippen molar-refractivity contribution in [3.05, 3.63) is 33.8 Å². The Labute approximate surface area is 107 Å². The summed E-state index contributed by atoms with van der Waals surface area (Å²) in [4.78, 5) is 12.3. The fourth-order valence-corrected chi connectivity index (χ4v) is 2.45. The average molecular weight is 253 g/mol. The molecule has 0 N–H and O–H groups in total. The van der Waals surface area contributed by atoms with Crippen LogP contribution < -0.4 is 0 Å². The van der Waals surface area contributed by atoms with Gasteiger partial charge in [0.05, 0.1) is 11.6 Å². The van der Waals surface area contributed by atoms with Crippen LogP contribution in [0.2, 0.25) is 5.02 Å². The van der Waals surface area contributed by atoms with Gasteiger partial charge in [-0.25, -0.2) is 0 Å². The molecule has 0 aromatic heterocycles. The third-order valence-corrected chi connectivity index (χ3v) is 3.69. The van der Waals surface area contributed by atoms with Gasteiger partial charge < -0.3 is 4.74 Å². The molecule has 0 saturated carbocycles. The number of hydrogen-bond donors (Lipinski definition) is 0. The molecule has 2 nitrogen and oxygen atoms in total. The predicted octanol–water partition coefficient (Wildman–Crippen LogP) is 3.57. The largest absolute Gasteiger partial charge is 0.381 e.